The van der Waals surface area contributed by atoms with Gasteiger partial charge in [-0.05, 0) is 18.3 Å². The number of pyridine rings is 1. The van der Waals surface area contributed by atoms with Crippen LogP contribution in [0.1, 0.15) is 5.69 Å². The molecular weight excluding hydrogens is 260 g/mol. The van der Waals surface area contributed by atoms with Crippen LogP contribution in [-0.2, 0) is 7.05 Å². The molecule has 2 N–H and O–H groups in total. The molecule has 1 rings (SSSR count). The van der Waals surface area contributed by atoms with Crippen molar-refractivity contribution in [2.45, 2.75) is 0 Å². The average Bonchev–Trinajstić information content (AvgIpc) is 2.20. The van der Waals surface area contributed by atoms with E-state index in [0.29, 0.717) is 5.11 Å². The molecule has 0 aliphatic rings. The smallest absolute Gasteiger partial charge is 0.225 e. The van der Waals surface area contributed by atoms with Crippen LogP contribution in [0.15, 0.2) is 23.4 Å². The fourth-order valence-corrected chi connectivity index (χ4v) is 1.04. The number of halogens is 1. The van der Waals surface area contributed by atoms with Gasteiger partial charge >= 0.3 is 0 Å². The van der Waals surface area contributed by atoms with Crippen molar-refractivity contribution in [2.24, 2.45) is 12.1 Å². The van der Waals surface area contributed by atoms with E-state index in [1.54, 1.807) is 34.0 Å². The Morgan fingerprint density at radius 3 is 2.71 bits per heavy atom. The number of thiocarbonyl (C=S) groups is 1. The lowest BCUT2D eigenvalue weighted by Crippen LogP contribution is -3.00. The fraction of sp³-hybridized carbons (Fsp3) is 0.300. The van der Waals surface area contributed by atoms with Gasteiger partial charge in [0.1, 0.15) is 13.3 Å². The molecule has 1 aromatic heterocycles. The van der Waals surface area contributed by atoms with Crippen molar-refractivity contribution in [3.05, 3.63) is 24.0 Å². The molecular formula is C10H15ClN4OS. The molecule has 1 heterocycles. The summed E-state index contributed by atoms with van der Waals surface area (Å²) in [5, 5.41) is 13.7. The SMILES string of the molecule is CN(C)C(=S)NN=Cc1ccc(O)c[n+]1C.[Cl-]. The lowest BCUT2D eigenvalue weighted by atomic mass is 10.3. The second kappa shape index (κ2) is 7.03. The number of aryl methyl sites for hydroxylation is 1. The Morgan fingerprint density at radius 1 is 1.53 bits per heavy atom. The first kappa shape index (κ1) is 15.6. The zero-order chi connectivity index (χ0) is 12.1. The molecule has 5 nitrogen and oxygen atoms in total. The van der Waals surface area contributed by atoms with E-state index in [4.69, 9.17) is 12.2 Å². The standard InChI is InChI=1S/C10H14N4OS.ClH/c1-13(2)10(16)12-11-6-8-4-5-9(15)7-14(8)3;/h4-7,15H,1-3H3;1H. The van der Waals surface area contributed by atoms with Gasteiger partial charge < -0.3 is 22.4 Å². The summed E-state index contributed by atoms with van der Waals surface area (Å²) < 4.78 is 1.76. The predicted molar refractivity (Wildman–Crippen MR) is 66.3 cm³/mol. The second-order valence-corrected chi connectivity index (χ2v) is 3.88. The van der Waals surface area contributed by atoms with Crippen molar-refractivity contribution in [2.75, 3.05) is 14.1 Å². The van der Waals surface area contributed by atoms with Crippen LogP contribution in [-0.4, -0.2) is 35.4 Å². The van der Waals surface area contributed by atoms with Crippen LogP contribution in [0.3, 0.4) is 0 Å². The Labute approximate surface area is 112 Å². The zero-order valence-electron chi connectivity index (χ0n) is 9.88. The number of rotatable bonds is 2. The third kappa shape index (κ3) is 4.97. The second-order valence-electron chi connectivity index (χ2n) is 3.49. The summed E-state index contributed by atoms with van der Waals surface area (Å²) in [5.74, 6) is 0.219. The van der Waals surface area contributed by atoms with Crippen LogP contribution in [0.2, 0.25) is 0 Å². The van der Waals surface area contributed by atoms with Crippen LogP contribution >= 0.6 is 12.2 Å². The lowest BCUT2D eigenvalue weighted by molar-refractivity contribution is -0.672. The van der Waals surface area contributed by atoms with E-state index in [9.17, 15) is 5.11 Å². The third-order valence-corrected chi connectivity index (χ3v) is 2.38. The van der Waals surface area contributed by atoms with E-state index >= 15 is 0 Å². The molecule has 94 valence electrons. The molecule has 17 heavy (non-hydrogen) atoms. The highest BCUT2D eigenvalue weighted by Crippen LogP contribution is 2.02. The van der Waals surface area contributed by atoms with Crippen molar-refractivity contribution in [3.8, 4) is 5.75 Å². The minimum absolute atomic E-state index is 0. The molecule has 0 bridgehead atoms. The molecule has 0 atom stereocenters. The monoisotopic (exact) mass is 274 g/mol. The maximum atomic E-state index is 9.22. The van der Waals surface area contributed by atoms with Crippen molar-refractivity contribution in [1.82, 2.24) is 10.3 Å². The van der Waals surface area contributed by atoms with Gasteiger partial charge in [-0.3, -0.25) is 5.43 Å². The van der Waals surface area contributed by atoms with Crippen LogP contribution in [0.4, 0.5) is 0 Å². The van der Waals surface area contributed by atoms with Crippen molar-refractivity contribution >= 4 is 23.5 Å². The Bertz CT molecular complexity index is 423. The number of hydrogen-bond acceptors (Lipinski definition) is 3. The minimum atomic E-state index is 0. The predicted octanol–water partition coefficient (Wildman–Crippen LogP) is -3.01. The summed E-state index contributed by atoms with van der Waals surface area (Å²) in [4.78, 5) is 1.75. The quantitative estimate of drug-likeness (QED) is 0.261. The van der Waals surface area contributed by atoms with Gasteiger partial charge in [-0.2, -0.15) is 9.67 Å². The normalized spacial score (nSPS) is 9.82. The van der Waals surface area contributed by atoms with E-state index in [1.807, 2.05) is 21.1 Å². The van der Waals surface area contributed by atoms with E-state index < -0.39 is 0 Å². The van der Waals surface area contributed by atoms with Crippen molar-refractivity contribution < 1.29 is 22.1 Å². The van der Waals surface area contributed by atoms with Crippen molar-refractivity contribution in [3.63, 3.8) is 0 Å². The largest absolute Gasteiger partial charge is 1.00 e. The van der Waals surface area contributed by atoms with Gasteiger partial charge in [-0.25, -0.2) is 0 Å². The van der Waals surface area contributed by atoms with Gasteiger partial charge in [0, 0.05) is 20.2 Å². The number of hydrogen-bond donors (Lipinski definition) is 2. The van der Waals surface area contributed by atoms with Crippen LogP contribution < -0.4 is 22.4 Å². The Kier molecular flexibility index (Phi) is 6.45. The molecule has 0 saturated carbocycles. The highest BCUT2D eigenvalue weighted by molar-refractivity contribution is 7.80. The molecule has 7 heteroatoms. The maximum absolute atomic E-state index is 9.22. The molecule has 0 unspecified atom stereocenters. The molecule has 0 spiro atoms. The molecule has 0 fully saturated rings. The van der Waals surface area contributed by atoms with Crippen LogP contribution in [0.25, 0.3) is 0 Å². The first-order chi connectivity index (χ1) is 7.50. The number of nitrogens with zero attached hydrogens (tertiary/aromatic N) is 3. The van der Waals surface area contributed by atoms with E-state index in [2.05, 4.69) is 10.5 Å². The summed E-state index contributed by atoms with van der Waals surface area (Å²) in [6, 6.07) is 3.37. The van der Waals surface area contributed by atoms with Gasteiger partial charge in [-0.15, -0.1) is 0 Å². The summed E-state index contributed by atoms with van der Waals surface area (Å²) in [6.07, 6.45) is 3.24. The fourth-order valence-electron chi connectivity index (χ4n) is 0.992. The Hall–Kier alpha value is -1.40. The molecule has 0 radical (unpaired) electrons. The topological polar surface area (TPSA) is 51.7 Å². The maximum Gasteiger partial charge on any atom is 0.225 e. The Balaban J connectivity index is 0.00000256. The summed E-state index contributed by atoms with van der Waals surface area (Å²) in [5.41, 5.74) is 3.58. The number of aromatic nitrogens is 1. The van der Waals surface area contributed by atoms with Gasteiger partial charge in [0.2, 0.25) is 11.9 Å². The number of nitrogens with one attached hydrogen (secondary N) is 1. The van der Waals surface area contributed by atoms with E-state index in [-0.39, 0.29) is 18.2 Å². The molecule has 0 saturated heterocycles. The summed E-state index contributed by atoms with van der Waals surface area (Å²) in [6.45, 7) is 0. The average molecular weight is 275 g/mol. The molecule has 1 aromatic rings. The number of aromatic hydroxyl groups is 1. The van der Waals surface area contributed by atoms with Gasteiger partial charge in [0.05, 0.1) is 0 Å². The molecule has 0 amide bonds. The highest BCUT2D eigenvalue weighted by atomic mass is 35.5. The zero-order valence-corrected chi connectivity index (χ0v) is 11.5. The summed E-state index contributed by atoms with van der Waals surface area (Å²) >= 11 is 5.00. The molecule has 0 aliphatic carbocycles. The van der Waals surface area contributed by atoms with Gasteiger partial charge in [0.25, 0.3) is 0 Å². The van der Waals surface area contributed by atoms with Gasteiger partial charge in [-0.1, -0.05) is 0 Å². The van der Waals surface area contributed by atoms with Crippen molar-refractivity contribution in [1.29, 1.82) is 0 Å². The Morgan fingerprint density at radius 2 is 2.18 bits per heavy atom. The highest BCUT2D eigenvalue weighted by Gasteiger charge is 2.04. The van der Waals surface area contributed by atoms with Crippen LogP contribution in [0.5, 0.6) is 5.75 Å². The van der Waals surface area contributed by atoms with E-state index in [0.717, 1.165) is 5.69 Å². The van der Waals surface area contributed by atoms with E-state index in [1.165, 1.54) is 0 Å². The first-order valence-electron chi connectivity index (χ1n) is 4.69. The molecule has 0 aromatic carbocycles. The first-order valence-corrected chi connectivity index (χ1v) is 5.10. The minimum Gasteiger partial charge on any atom is -1.00 e. The van der Waals surface area contributed by atoms with Gasteiger partial charge in [0.15, 0.2) is 10.9 Å². The molecule has 0 aliphatic heterocycles. The summed E-state index contributed by atoms with van der Waals surface area (Å²) in [7, 11) is 5.50. The van der Waals surface area contributed by atoms with Crippen LogP contribution in [0, 0.1) is 0 Å². The number of hydrazone groups is 1. The third-order valence-electron chi connectivity index (χ3n) is 1.92. The lowest BCUT2D eigenvalue weighted by Gasteiger charge is -2.11.